The number of ether oxygens (including phenoxy) is 3. The Balaban J connectivity index is 1.66. The average molecular weight is 280 g/mol. The zero-order valence-corrected chi connectivity index (χ0v) is 11.8. The summed E-state index contributed by atoms with van der Waals surface area (Å²) in [6.45, 7) is 7.83. The van der Waals surface area contributed by atoms with E-state index in [-0.39, 0.29) is 35.8 Å². The molecule has 20 heavy (non-hydrogen) atoms. The van der Waals surface area contributed by atoms with Crippen LogP contribution in [0.25, 0.3) is 0 Å². The first-order valence-corrected chi connectivity index (χ1v) is 7.29. The molecule has 0 aromatic carbocycles. The van der Waals surface area contributed by atoms with Gasteiger partial charge in [-0.15, -0.1) is 0 Å². The van der Waals surface area contributed by atoms with Crippen molar-refractivity contribution < 1.29 is 24.1 Å². The number of hydrogen-bond donors (Lipinski definition) is 1. The lowest BCUT2D eigenvalue weighted by molar-refractivity contribution is -0.140. The van der Waals surface area contributed by atoms with Crippen LogP contribution in [0, 0.1) is 5.92 Å². The van der Waals surface area contributed by atoms with E-state index in [1.165, 1.54) is 0 Å². The van der Waals surface area contributed by atoms with Crippen LogP contribution in [0.4, 0.5) is 0 Å². The molecule has 0 unspecified atom stereocenters. The summed E-state index contributed by atoms with van der Waals surface area (Å²) < 4.78 is 17.0. The summed E-state index contributed by atoms with van der Waals surface area (Å²) in [5, 5.41) is 10.4. The van der Waals surface area contributed by atoms with Crippen molar-refractivity contribution >= 4 is 5.97 Å². The van der Waals surface area contributed by atoms with Crippen molar-refractivity contribution in [1.82, 2.24) is 0 Å². The minimum Gasteiger partial charge on any atom is -0.455 e. The standard InChI is InChI=1S/C15H20O5/c1-7-8-6-9(16)15(3)10(19-15)4-5-14(2)12(20-14)11(8)18-13(7)17/h8-12,16H,1,4-6H2,2-3H3/t8-,9-,10+,11-,12+,14+,15+/m0/s1. The van der Waals surface area contributed by atoms with E-state index in [1.54, 1.807) is 0 Å². The fourth-order valence-electron chi connectivity index (χ4n) is 3.86. The average Bonchev–Trinajstić information content (AvgIpc) is 3.23. The Morgan fingerprint density at radius 3 is 2.85 bits per heavy atom. The van der Waals surface area contributed by atoms with Gasteiger partial charge < -0.3 is 19.3 Å². The van der Waals surface area contributed by atoms with Crippen molar-refractivity contribution in [3.8, 4) is 0 Å². The normalized spacial score (nSPS) is 57.2. The molecule has 0 amide bonds. The summed E-state index contributed by atoms with van der Waals surface area (Å²) >= 11 is 0. The third kappa shape index (κ3) is 1.57. The van der Waals surface area contributed by atoms with Gasteiger partial charge in [0.2, 0.25) is 0 Å². The van der Waals surface area contributed by atoms with Gasteiger partial charge in [0.25, 0.3) is 0 Å². The molecule has 0 spiro atoms. The van der Waals surface area contributed by atoms with E-state index in [2.05, 4.69) is 13.5 Å². The molecular weight excluding hydrogens is 260 g/mol. The summed E-state index contributed by atoms with van der Waals surface area (Å²) in [4.78, 5) is 11.8. The van der Waals surface area contributed by atoms with Crippen LogP contribution >= 0.6 is 0 Å². The highest BCUT2D eigenvalue weighted by Gasteiger charge is 2.66. The fraction of sp³-hybridized carbons (Fsp3) is 0.800. The van der Waals surface area contributed by atoms with E-state index in [0.717, 1.165) is 12.8 Å². The minimum absolute atomic E-state index is 0.0778. The molecule has 5 heteroatoms. The quantitative estimate of drug-likeness (QED) is 0.406. The van der Waals surface area contributed by atoms with Gasteiger partial charge in [0.05, 0.1) is 17.8 Å². The van der Waals surface area contributed by atoms with Crippen molar-refractivity contribution in [2.24, 2.45) is 5.92 Å². The molecule has 0 aromatic heterocycles. The van der Waals surface area contributed by atoms with Crippen LogP contribution in [0.5, 0.6) is 0 Å². The van der Waals surface area contributed by atoms with Crippen molar-refractivity contribution in [2.45, 2.75) is 68.7 Å². The van der Waals surface area contributed by atoms with Crippen LogP contribution < -0.4 is 0 Å². The lowest BCUT2D eigenvalue weighted by Gasteiger charge is -2.24. The van der Waals surface area contributed by atoms with Gasteiger partial charge in [-0.25, -0.2) is 4.79 Å². The molecular formula is C15H20O5. The Hall–Kier alpha value is -0.910. The van der Waals surface area contributed by atoms with Gasteiger partial charge in [0, 0.05) is 11.5 Å². The van der Waals surface area contributed by atoms with Crippen molar-refractivity contribution in [2.75, 3.05) is 0 Å². The third-order valence-electron chi connectivity index (χ3n) is 5.61. The van der Waals surface area contributed by atoms with E-state index >= 15 is 0 Å². The molecule has 1 saturated carbocycles. The van der Waals surface area contributed by atoms with E-state index in [9.17, 15) is 9.90 Å². The largest absolute Gasteiger partial charge is 0.455 e. The Kier molecular flexibility index (Phi) is 2.33. The number of esters is 1. The van der Waals surface area contributed by atoms with Gasteiger partial charge in [-0.2, -0.15) is 0 Å². The summed E-state index contributed by atoms with van der Waals surface area (Å²) in [6.07, 6.45) is 1.26. The Labute approximate surface area is 117 Å². The van der Waals surface area contributed by atoms with Gasteiger partial charge in [-0.05, 0) is 33.1 Å². The number of hydrogen-bond acceptors (Lipinski definition) is 5. The molecule has 1 aliphatic carbocycles. The number of rotatable bonds is 0. The lowest BCUT2D eigenvalue weighted by atomic mass is 9.80. The number of carbonyl (C=O) groups excluding carboxylic acids is 1. The van der Waals surface area contributed by atoms with E-state index in [1.807, 2.05) is 6.92 Å². The molecule has 4 fully saturated rings. The SMILES string of the molecule is C=C1C(=O)O[C@@H]2[C@H]3O[C@]3(C)CC[C@H]3O[C@]3(C)[C@@H](O)C[C@@H]12. The maximum atomic E-state index is 11.8. The maximum absolute atomic E-state index is 11.8. The lowest BCUT2D eigenvalue weighted by Crippen LogP contribution is -2.37. The molecule has 3 aliphatic heterocycles. The molecule has 4 aliphatic rings. The van der Waals surface area contributed by atoms with Crippen LogP contribution in [-0.4, -0.2) is 46.7 Å². The van der Waals surface area contributed by atoms with Gasteiger partial charge >= 0.3 is 5.97 Å². The molecule has 110 valence electrons. The highest BCUT2D eigenvalue weighted by Crippen LogP contribution is 2.54. The molecule has 0 bridgehead atoms. The number of fused-ring (bicyclic) bond motifs is 4. The van der Waals surface area contributed by atoms with Gasteiger partial charge in [0.15, 0.2) is 0 Å². The second-order valence-electron chi connectivity index (χ2n) is 6.93. The first-order chi connectivity index (χ1) is 9.35. The smallest absolute Gasteiger partial charge is 0.334 e. The van der Waals surface area contributed by atoms with E-state index < -0.39 is 11.7 Å². The number of epoxide rings is 2. The Morgan fingerprint density at radius 2 is 2.10 bits per heavy atom. The topological polar surface area (TPSA) is 71.6 Å². The summed E-state index contributed by atoms with van der Waals surface area (Å²) in [6, 6.07) is 0. The summed E-state index contributed by atoms with van der Waals surface area (Å²) in [7, 11) is 0. The number of aliphatic hydroxyl groups excluding tert-OH is 1. The second-order valence-corrected chi connectivity index (χ2v) is 6.93. The van der Waals surface area contributed by atoms with Crippen molar-refractivity contribution in [1.29, 1.82) is 0 Å². The monoisotopic (exact) mass is 280 g/mol. The first kappa shape index (κ1) is 12.8. The zero-order chi connectivity index (χ0) is 14.3. The molecule has 1 N–H and O–H groups in total. The maximum Gasteiger partial charge on any atom is 0.334 e. The van der Waals surface area contributed by atoms with E-state index in [4.69, 9.17) is 14.2 Å². The molecule has 4 rings (SSSR count). The summed E-state index contributed by atoms with van der Waals surface area (Å²) in [5.41, 5.74) is -0.273. The third-order valence-corrected chi connectivity index (χ3v) is 5.61. The second kappa shape index (κ2) is 3.64. The molecule has 0 radical (unpaired) electrons. The molecule has 7 atom stereocenters. The van der Waals surface area contributed by atoms with Gasteiger partial charge in [0.1, 0.15) is 17.8 Å². The first-order valence-electron chi connectivity index (χ1n) is 7.29. The summed E-state index contributed by atoms with van der Waals surface area (Å²) in [5.74, 6) is -0.535. The van der Waals surface area contributed by atoms with Crippen molar-refractivity contribution in [3.05, 3.63) is 12.2 Å². The molecule has 3 saturated heterocycles. The number of aliphatic hydroxyl groups is 1. The van der Waals surface area contributed by atoms with Crippen LogP contribution in [-0.2, 0) is 19.0 Å². The predicted molar refractivity (Wildman–Crippen MR) is 68.9 cm³/mol. The van der Waals surface area contributed by atoms with Crippen LogP contribution in [0.1, 0.15) is 33.1 Å². The van der Waals surface area contributed by atoms with Crippen LogP contribution in [0.2, 0.25) is 0 Å². The Bertz CT molecular complexity index is 502. The minimum atomic E-state index is -0.602. The molecule has 0 aromatic rings. The highest BCUT2D eigenvalue weighted by atomic mass is 16.7. The van der Waals surface area contributed by atoms with Crippen LogP contribution in [0.15, 0.2) is 12.2 Å². The fourth-order valence-corrected chi connectivity index (χ4v) is 3.86. The van der Waals surface area contributed by atoms with Gasteiger partial charge in [-0.1, -0.05) is 6.58 Å². The predicted octanol–water partition coefficient (Wildman–Crippen LogP) is 0.944. The van der Waals surface area contributed by atoms with E-state index in [0.29, 0.717) is 12.0 Å². The highest BCUT2D eigenvalue weighted by molar-refractivity contribution is 5.91. The molecule has 3 heterocycles. The number of carbonyl (C=O) groups is 1. The van der Waals surface area contributed by atoms with Crippen molar-refractivity contribution in [3.63, 3.8) is 0 Å². The van der Waals surface area contributed by atoms with Crippen LogP contribution in [0.3, 0.4) is 0 Å². The molecule has 5 nitrogen and oxygen atoms in total. The van der Waals surface area contributed by atoms with Gasteiger partial charge in [-0.3, -0.25) is 0 Å². The zero-order valence-electron chi connectivity index (χ0n) is 11.8. The Morgan fingerprint density at radius 1 is 1.35 bits per heavy atom.